The molecule has 0 radical (unpaired) electrons. The van der Waals surface area contributed by atoms with Crippen molar-refractivity contribution in [2.45, 2.75) is 13.0 Å². The van der Waals surface area contributed by atoms with E-state index in [1.807, 2.05) is 23.1 Å². The summed E-state index contributed by atoms with van der Waals surface area (Å²) in [6, 6.07) is 13.4. The number of nitriles is 1. The normalized spacial score (nSPS) is 15.9. The van der Waals surface area contributed by atoms with Crippen LogP contribution in [0, 0.1) is 17.1 Å². The molecule has 7 heteroatoms. The van der Waals surface area contributed by atoms with Gasteiger partial charge in [-0.3, -0.25) is 9.69 Å². The van der Waals surface area contributed by atoms with Gasteiger partial charge >= 0.3 is 0 Å². The zero-order valence-electron chi connectivity index (χ0n) is 15.0. The van der Waals surface area contributed by atoms with Crippen LogP contribution >= 0.6 is 11.6 Å². The van der Waals surface area contributed by atoms with Gasteiger partial charge < -0.3 is 10.2 Å². The first-order valence-corrected chi connectivity index (χ1v) is 9.11. The maximum atomic E-state index is 13.8. The van der Waals surface area contributed by atoms with Crippen LogP contribution in [0.1, 0.15) is 12.5 Å². The Bertz CT molecular complexity index is 875. The third-order valence-electron chi connectivity index (χ3n) is 4.79. The Kier molecular flexibility index (Phi) is 5.94. The van der Waals surface area contributed by atoms with Crippen LogP contribution in [0.5, 0.6) is 0 Å². The van der Waals surface area contributed by atoms with E-state index in [2.05, 4.69) is 16.3 Å². The number of nitrogens with one attached hydrogen (secondary N) is 1. The Labute approximate surface area is 162 Å². The summed E-state index contributed by atoms with van der Waals surface area (Å²) in [7, 11) is 0. The number of hydrogen-bond donors (Lipinski definition) is 1. The van der Waals surface area contributed by atoms with E-state index in [9.17, 15) is 14.4 Å². The van der Waals surface area contributed by atoms with Crippen LogP contribution in [0.3, 0.4) is 0 Å². The summed E-state index contributed by atoms with van der Waals surface area (Å²) in [5.74, 6) is -0.792. The Balaban J connectivity index is 1.61. The average Bonchev–Trinajstić information content (AvgIpc) is 2.70. The SMILES string of the molecule is CC(C(=O)Nc1cc(Cl)ccc1F)N1CCN(c2ccccc2C#N)CC1. The molecule has 1 heterocycles. The van der Waals surface area contributed by atoms with Gasteiger partial charge in [-0.1, -0.05) is 23.7 Å². The summed E-state index contributed by atoms with van der Waals surface area (Å²) < 4.78 is 13.8. The number of hydrogen-bond acceptors (Lipinski definition) is 4. The smallest absolute Gasteiger partial charge is 0.241 e. The Hall–Kier alpha value is -2.62. The molecule has 0 aromatic heterocycles. The second kappa shape index (κ2) is 8.38. The summed E-state index contributed by atoms with van der Waals surface area (Å²) in [6.45, 7) is 4.57. The third-order valence-corrected chi connectivity index (χ3v) is 5.03. The van der Waals surface area contributed by atoms with Gasteiger partial charge in [0, 0.05) is 31.2 Å². The molecule has 0 aliphatic carbocycles. The first-order valence-electron chi connectivity index (χ1n) is 8.73. The van der Waals surface area contributed by atoms with E-state index in [4.69, 9.17) is 11.6 Å². The summed E-state index contributed by atoms with van der Waals surface area (Å²) in [5, 5.41) is 12.2. The van der Waals surface area contributed by atoms with Gasteiger partial charge in [-0.15, -0.1) is 0 Å². The first kappa shape index (κ1) is 19.2. The molecule has 1 unspecified atom stereocenters. The van der Waals surface area contributed by atoms with E-state index in [1.54, 1.807) is 13.0 Å². The fourth-order valence-corrected chi connectivity index (χ4v) is 3.36. The van der Waals surface area contributed by atoms with Crippen molar-refractivity contribution in [1.82, 2.24) is 4.90 Å². The number of benzene rings is 2. The van der Waals surface area contributed by atoms with Crippen molar-refractivity contribution < 1.29 is 9.18 Å². The van der Waals surface area contributed by atoms with E-state index in [1.165, 1.54) is 18.2 Å². The zero-order valence-corrected chi connectivity index (χ0v) is 15.7. The van der Waals surface area contributed by atoms with Crippen LogP contribution in [-0.4, -0.2) is 43.0 Å². The number of rotatable bonds is 4. The van der Waals surface area contributed by atoms with E-state index >= 15 is 0 Å². The zero-order chi connectivity index (χ0) is 19.4. The van der Waals surface area contributed by atoms with Gasteiger partial charge in [0.1, 0.15) is 11.9 Å². The van der Waals surface area contributed by atoms with Crippen LogP contribution in [0.15, 0.2) is 42.5 Å². The molecule has 0 saturated carbocycles. The van der Waals surface area contributed by atoms with Gasteiger partial charge in [-0.25, -0.2) is 4.39 Å². The second-order valence-electron chi connectivity index (χ2n) is 6.44. The molecule has 1 aliphatic rings. The minimum absolute atomic E-state index is 0.0842. The molecular weight excluding hydrogens is 367 g/mol. The Morgan fingerprint density at radius 3 is 2.63 bits per heavy atom. The average molecular weight is 387 g/mol. The maximum absolute atomic E-state index is 13.8. The number of para-hydroxylation sites is 1. The van der Waals surface area contributed by atoms with Crippen molar-refractivity contribution in [2.75, 3.05) is 36.4 Å². The number of halogens is 2. The molecule has 1 atom stereocenters. The number of piperazine rings is 1. The predicted molar refractivity (Wildman–Crippen MR) is 104 cm³/mol. The molecule has 0 spiro atoms. The second-order valence-corrected chi connectivity index (χ2v) is 6.88. The summed E-state index contributed by atoms with van der Waals surface area (Å²) in [4.78, 5) is 16.7. The minimum Gasteiger partial charge on any atom is -0.368 e. The molecule has 5 nitrogen and oxygen atoms in total. The highest BCUT2D eigenvalue weighted by molar-refractivity contribution is 6.30. The quantitative estimate of drug-likeness (QED) is 0.873. The number of nitrogens with zero attached hydrogens (tertiary/aromatic N) is 3. The van der Waals surface area contributed by atoms with Crippen molar-refractivity contribution in [1.29, 1.82) is 5.26 Å². The molecule has 1 fully saturated rings. The van der Waals surface area contributed by atoms with E-state index in [0.717, 1.165) is 5.69 Å². The van der Waals surface area contributed by atoms with Crippen LogP contribution in [0.2, 0.25) is 5.02 Å². The van der Waals surface area contributed by atoms with Crippen molar-refractivity contribution in [3.8, 4) is 6.07 Å². The van der Waals surface area contributed by atoms with E-state index < -0.39 is 11.9 Å². The lowest BCUT2D eigenvalue weighted by molar-refractivity contribution is -0.120. The van der Waals surface area contributed by atoms with Crippen LogP contribution in [0.25, 0.3) is 0 Å². The molecule has 1 aliphatic heterocycles. The fourth-order valence-electron chi connectivity index (χ4n) is 3.19. The number of amides is 1. The van der Waals surface area contributed by atoms with Crippen LogP contribution < -0.4 is 10.2 Å². The predicted octanol–water partition coefficient (Wildman–Crippen LogP) is 3.50. The highest BCUT2D eigenvalue weighted by atomic mass is 35.5. The molecule has 2 aromatic carbocycles. The van der Waals surface area contributed by atoms with Gasteiger partial charge in [0.15, 0.2) is 0 Å². The molecular formula is C20H20ClFN4O. The molecule has 1 saturated heterocycles. The van der Waals surface area contributed by atoms with Crippen LogP contribution in [0.4, 0.5) is 15.8 Å². The first-order chi connectivity index (χ1) is 13.0. The Morgan fingerprint density at radius 2 is 1.93 bits per heavy atom. The number of carbonyl (C=O) groups is 1. The topological polar surface area (TPSA) is 59.4 Å². The molecule has 0 bridgehead atoms. The van der Waals surface area contributed by atoms with Crippen molar-refractivity contribution >= 4 is 28.9 Å². The third kappa shape index (κ3) is 4.38. The fraction of sp³-hybridized carbons (Fsp3) is 0.300. The molecule has 1 amide bonds. The lowest BCUT2D eigenvalue weighted by atomic mass is 10.1. The largest absolute Gasteiger partial charge is 0.368 e. The standard InChI is InChI=1S/C20H20ClFN4O/c1-14(20(27)24-18-12-16(21)6-7-17(18)22)25-8-10-26(11-9-25)19-5-3-2-4-15(19)13-23/h2-7,12,14H,8-11H2,1H3,(H,24,27). The highest BCUT2D eigenvalue weighted by Gasteiger charge is 2.26. The number of carbonyl (C=O) groups excluding carboxylic acids is 1. The van der Waals surface area contributed by atoms with E-state index in [-0.39, 0.29) is 11.6 Å². The lowest BCUT2D eigenvalue weighted by Crippen LogP contribution is -2.53. The van der Waals surface area contributed by atoms with Crippen molar-refractivity contribution in [3.63, 3.8) is 0 Å². The molecule has 27 heavy (non-hydrogen) atoms. The molecule has 2 aromatic rings. The van der Waals surface area contributed by atoms with Gasteiger partial charge in [0.2, 0.25) is 5.91 Å². The summed E-state index contributed by atoms with van der Waals surface area (Å²) in [5.41, 5.74) is 1.65. The highest BCUT2D eigenvalue weighted by Crippen LogP contribution is 2.23. The van der Waals surface area contributed by atoms with Gasteiger partial charge in [0.25, 0.3) is 0 Å². The Morgan fingerprint density at radius 1 is 1.22 bits per heavy atom. The summed E-state index contributed by atoms with van der Waals surface area (Å²) >= 11 is 5.87. The number of anilines is 2. The van der Waals surface area contributed by atoms with Crippen LogP contribution in [-0.2, 0) is 4.79 Å². The van der Waals surface area contributed by atoms with Crippen molar-refractivity contribution in [3.05, 3.63) is 58.9 Å². The molecule has 1 N–H and O–H groups in total. The van der Waals surface area contributed by atoms with Crippen molar-refractivity contribution in [2.24, 2.45) is 0 Å². The van der Waals surface area contributed by atoms with Gasteiger partial charge in [0.05, 0.1) is 23.0 Å². The molecule has 3 rings (SSSR count). The van der Waals surface area contributed by atoms with E-state index in [0.29, 0.717) is 36.8 Å². The lowest BCUT2D eigenvalue weighted by Gasteiger charge is -2.38. The van der Waals surface area contributed by atoms with Gasteiger partial charge in [-0.05, 0) is 37.3 Å². The van der Waals surface area contributed by atoms with Gasteiger partial charge in [-0.2, -0.15) is 5.26 Å². The monoisotopic (exact) mass is 386 g/mol. The maximum Gasteiger partial charge on any atom is 0.241 e. The summed E-state index contributed by atoms with van der Waals surface area (Å²) in [6.07, 6.45) is 0. The molecule has 140 valence electrons. The minimum atomic E-state index is -0.516.